The Balaban J connectivity index is 1.99. The predicted octanol–water partition coefficient (Wildman–Crippen LogP) is -0.330. The number of rotatable bonds is 0. The van der Waals surface area contributed by atoms with Crippen LogP contribution >= 0.6 is 0 Å². The van der Waals surface area contributed by atoms with Crippen molar-refractivity contribution in [1.82, 2.24) is 10.6 Å². The van der Waals surface area contributed by atoms with E-state index in [0.29, 0.717) is 24.7 Å². The number of urea groups is 1. The molecule has 1 spiro atoms. The van der Waals surface area contributed by atoms with Gasteiger partial charge in [0.25, 0.3) is 5.91 Å². The van der Waals surface area contributed by atoms with E-state index in [0.717, 1.165) is 0 Å². The van der Waals surface area contributed by atoms with Crippen LogP contribution in [0.3, 0.4) is 0 Å². The van der Waals surface area contributed by atoms with Crippen molar-refractivity contribution in [3.05, 3.63) is 17.7 Å². The topological polar surface area (TPSA) is 111 Å². The molecular formula is C13H12N2O6S. The van der Waals surface area contributed by atoms with Crippen LogP contribution in [0.5, 0.6) is 11.5 Å². The van der Waals surface area contributed by atoms with E-state index >= 15 is 0 Å². The molecule has 3 aliphatic heterocycles. The number of ether oxygens (including phenoxy) is 2. The minimum absolute atomic E-state index is 0.000324. The molecule has 0 aliphatic carbocycles. The number of fused-ring (bicyclic) bond motifs is 3. The van der Waals surface area contributed by atoms with E-state index in [-0.39, 0.29) is 22.6 Å². The van der Waals surface area contributed by atoms with E-state index < -0.39 is 27.3 Å². The summed E-state index contributed by atoms with van der Waals surface area (Å²) < 4.78 is 35.6. The van der Waals surface area contributed by atoms with E-state index in [1.54, 1.807) is 0 Å². The van der Waals surface area contributed by atoms with E-state index in [4.69, 9.17) is 9.47 Å². The molecule has 116 valence electrons. The van der Waals surface area contributed by atoms with Crippen LogP contribution in [-0.2, 0) is 20.2 Å². The third-order valence-corrected chi connectivity index (χ3v) is 5.88. The van der Waals surface area contributed by atoms with Crippen LogP contribution in [0.2, 0.25) is 0 Å². The summed E-state index contributed by atoms with van der Waals surface area (Å²) in [6.07, 6.45) is -0.0143. The summed E-state index contributed by atoms with van der Waals surface area (Å²) in [7, 11) is -3.55. The summed E-state index contributed by atoms with van der Waals surface area (Å²) in [5, 5.41) is 4.73. The van der Waals surface area contributed by atoms with Crippen molar-refractivity contribution in [1.29, 1.82) is 0 Å². The molecule has 0 aromatic heterocycles. The fourth-order valence-corrected chi connectivity index (χ4v) is 4.70. The molecule has 3 aliphatic rings. The second-order valence-corrected chi connectivity index (χ2v) is 7.45. The predicted molar refractivity (Wildman–Crippen MR) is 72.5 cm³/mol. The number of hydrogen-bond acceptors (Lipinski definition) is 6. The number of imide groups is 1. The first kappa shape index (κ1) is 13.4. The Morgan fingerprint density at radius 3 is 2.41 bits per heavy atom. The van der Waals surface area contributed by atoms with Crippen LogP contribution in [0, 0.1) is 0 Å². The van der Waals surface area contributed by atoms with Gasteiger partial charge < -0.3 is 14.8 Å². The Hall–Kier alpha value is -2.29. The molecule has 9 heteroatoms. The van der Waals surface area contributed by atoms with E-state index in [1.807, 2.05) is 0 Å². The van der Waals surface area contributed by atoms with Gasteiger partial charge in [-0.1, -0.05) is 0 Å². The average molecular weight is 324 g/mol. The molecule has 8 nitrogen and oxygen atoms in total. The highest BCUT2D eigenvalue weighted by molar-refractivity contribution is 7.91. The molecule has 4 rings (SSSR count). The first-order valence-electron chi connectivity index (χ1n) is 6.73. The Morgan fingerprint density at radius 2 is 1.77 bits per heavy atom. The third-order valence-electron chi connectivity index (χ3n) is 4.13. The first-order chi connectivity index (χ1) is 10.4. The maximum Gasteiger partial charge on any atom is 0.322 e. The van der Waals surface area contributed by atoms with Gasteiger partial charge in [-0.2, -0.15) is 0 Å². The molecule has 1 unspecified atom stereocenters. The lowest BCUT2D eigenvalue weighted by Gasteiger charge is -2.33. The highest BCUT2D eigenvalue weighted by Gasteiger charge is 2.53. The molecule has 1 aromatic carbocycles. The third kappa shape index (κ3) is 1.65. The molecule has 0 saturated carbocycles. The highest BCUT2D eigenvalue weighted by Crippen LogP contribution is 2.44. The molecule has 0 bridgehead atoms. The van der Waals surface area contributed by atoms with Crippen LogP contribution < -0.4 is 20.1 Å². The van der Waals surface area contributed by atoms with Crippen LogP contribution in [0.1, 0.15) is 12.0 Å². The van der Waals surface area contributed by atoms with Crippen LogP contribution in [0.4, 0.5) is 4.79 Å². The van der Waals surface area contributed by atoms with Crippen molar-refractivity contribution in [2.45, 2.75) is 16.9 Å². The van der Waals surface area contributed by atoms with Gasteiger partial charge in [-0.25, -0.2) is 13.2 Å². The molecule has 22 heavy (non-hydrogen) atoms. The number of sulfone groups is 1. The van der Waals surface area contributed by atoms with Crippen molar-refractivity contribution >= 4 is 21.8 Å². The lowest BCUT2D eigenvalue weighted by molar-refractivity contribution is -0.124. The number of hydrogen-bond donors (Lipinski definition) is 2. The zero-order valence-corrected chi connectivity index (χ0v) is 12.2. The van der Waals surface area contributed by atoms with Crippen molar-refractivity contribution in [3.8, 4) is 11.5 Å². The van der Waals surface area contributed by atoms with Crippen LogP contribution in [0.15, 0.2) is 17.0 Å². The van der Waals surface area contributed by atoms with Crippen LogP contribution in [-0.4, -0.2) is 39.3 Å². The molecule has 1 fully saturated rings. The smallest absolute Gasteiger partial charge is 0.322 e. The highest BCUT2D eigenvalue weighted by atomic mass is 32.2. The standard InChI is InChI=1S/C13H12N2O6S/c16-11-13(15-12(17)14-11)1-4-22(18,19)10-6-9-8(5-7(10)13)20-2-3-21-9/h5-6H,1-4H2,(H2,14,15,16,17). The molecule has 1 saturated heterocycles. The van der Waals surface area contributed by atoms with Crippen LogP contribution in [0.25, 0.3) is 0 Å². The summed E-state index contributed by atoms with van der Waals surface area (Å²) >= 11 is 0. The largest absolute Gasteiger partial charge is 0.486 e. The van der Waals surface area contributed by atoms with Gasteiger partial charge in [0.05, 0.1) is 10.6 Å². The van der Waals surface area contributed by atoms with E-state index in [9.17, 15) is 18.0 Å². The lowest BCUT2D eigenvalue weighted by Crippen LogP contribution is -2.48. The first-order valence-corrected chi connectivity index (χ1v) is 8.38. The number of benzene rings is 1. The minimum atomic E-state index is -3.55. The molecule has 2 N–H and O–H groups in total. The maximum atomic E-state index is 12.3. The summed E-state index contributed by atoms with van der Waals surface area (Å²) in [4.78, 5) is 23.8. The molecule has 3 heterocycles. The van der Waals surface area contributed by atoms with Crippen molar-refractivity contribution in [2.75, 3.05) is 19.0 Å². The molecule has 1 aromatic rings. The van der Waals surface area contributed by atoms with Crippen molar-refractivity contribution in [3.63, 3.8) is 0 Å². The molecular weight excluding hydrogens is 312 g/mol. The van der Waals surface area contributed by atoms with Gasteiger partial charge in [0.2, 0.25) is 0 Å². The minimum Gasteiger partial charge on any atom is -0.486 e. The Kier molecular flexibility index (Phi) is 2.51. The normalized spacial score (nSPS) is 28.0. The number of amides is 3. The van der Waals surface area contributed by atoms with E-state index in [1.165, 1.54) is 12.1 Å². The van der Waals surface area contributed by atoms with Gasteiger partial charge in [-0.15, -0.1) is 0 Å². The monoisotopic (exact) mass is 324 g/mol. The fraction of sp³-hybridized carbons (Fsp3) is 0.385. The second-order valence-electron chi connectivity index (χ2n) is 5.37. The van der Waals surface area contributed by atoms with E-state index in [2.05, 4.69) is 10.6 Å². The number of carbonyl (C=O) groups excluding carboxylic acids is 2. The zero-order chi connectivity index (χ0) is 15.5. The molecule has 3 amide bonds. The molecule has 0 radical (unpaired) electrons. The quantitative estimate of drug-likeness (QED) is 0.632. The Morgan fingerprint density at radius 1 is 1.09 bits per heavy atom. The summed E-state index contributed by atoms with van der Waals surface area (Å²) in [6, 6.07) is 2.22. The van der Waals surface area contributed by atoms with Gasteiger partial charge in [-0.05, 0) is 12.5 Å². The summed E-state index contributed by atoms with van der Waals surface area (Å²) in [6.45, 7) is 0.665. The lowest BCUT2D eigenvalue weighted by atomic mass is 9.86. The molecule has 1 atom stereocenters. The number of carbonyl (C=O) groups is 2. The Bertz CT molecular complexity index is 818. The number of nitrogens with one attached hydrogen (secondary N) is 2. The van der Waals surface area contributed by atoms with Crippen molar-refractivity contribution < 1.29 is 27.5 Å². The summed E-state index contributed by atoms with van der Waals surface area (Å²) in [5.74, 6) is -0.0797. The SMILES string of the molecule is O=C1NC(=O)C2(CCS(=O)(=O)c3cc4c(cc32)OCCO4)N1. The van der Waals surface area contributed by atoms with Gasteiger partial charge >= 0.3 is 6.03 Å². The van der Waals surface area contributed by atoms with Gasteiger partial charge in [0.15, 0.2) is 21.3 Å². The fourth-order valence-electron chi connectivity index (χ4n) is 3.05. The van der Waals surface area contributed by atoms with Gasteiger partial charge in [-0.3, -0.25) is 10.1 Å². The second kappa shape index (κ2) is 4.13. The zero-order valence-electron chi connectivity index (χ0n) is 11.3. The van der Waals surface area contributed by atoms with Gasteiger partial charge in [0.1, 0.15) is 18.8 Å². The van der Waals surface area contributed by atoms with Crippen molar-refractivity contribution in [2.24, 2.45) is 0 Å². The van der Waals surface area contributed by atoms with Gasteiger partial charge in [0, 0.05) is 11.6 Å². The summed E-state index contributed by atoms with van der Waals surface area (Å²) in [5.41, 5.74) is -1.14. The maximum absolute atomic E-state index is 12.3. The average Bonchev–Trinajstić information content (AvgIpc) is 2.77. The Labute approximate surface area is 125 Å².